The van der Waals surface area contributed by atoms with Gasteiger partial charge in [-0.25, -0.2) is 0 Å². The highest BCUT2D eigenvalue weighted by atomic mass is 16.4. The second kappa shape index (κ2) is 8.64. The fourth-order valence-electron chi connectivity index (χ4n) is 4.14. The number of nitrogens with zero attached hydrogens (tertiary/aromatic N) is 1. The molecular formula is C21H37N3O4. The molecule has 0 aliphatic carbocycles. The van der Waals surface area contributed by atoms with E-state index in [1.165, 1.54) is 6.92 Å². The molecule has 160 valence electrons. The van der Waals surface area contributed by atoms with E-state index < -0.39 is 29.0 Å². The predicted molar refractivity (Wildman–Crippen MR) is 110 cm³/mol. The largest absolute Gasteiger partial charge is 0.480 e. The van der Waals surface area contributed by atoms with Crippen molar-refractivity contribution >= 4 is 17.8 Å². The van der Waals surface area contributed by atoms with Crippen LogP contribution in [0, 0.1) is 5.92 Å². The molecule has 0 aromatic rings. The maximum absolute atomic E-state index is 13.5. The van der Waals surface area contributed by atoms with Crippen molar-refractivity contribution in [1.29, 1.82) is 0 Å². The number of hydrogen-bond acceptors (Lipinski definition) is 4. The highest BCUT2D eigenvalue weighted by Crippen LogP contribution is 2.40. The summed E-state index contributed by atoms with van der Waals surface area (Å²) in [7, 11) is 0. The lowest BCUT2D eigenvalue weighted by Crippen LogP contribution is -2.68. The van der Waals surface area contributed by atoms with Crippen molar-refractivity contribution in [2.75, 3.05) is 6.54 Å². The van der Waals surface area contributed by atoms with E-state index in [1.54, 1.807) is 6.08 Å². The number of carbonyl (C=O) groups is 3. The summed E-state index contributed by atoms with van der Waals surface area (Å²) in [5, 5.41) is 15.9. The van der Waals surface area contributed by atoms with Gasteiger partial charge >= 0.3 is 5.97 Å². The zero-order chi connectivity index (χ0) is 21.9. The first-order chi connectivity index (χ1) is 12.7. The first-order valence-electron chi connectivity index (χ1n) is 9.87. The minimum atomic E-state index is -1.32. The number of aliphatic carboxylic acids is 1. The van der Waals surface area contributed by atoms with Gasteiger partial charge in [0.05, 0.1) is 0 Å². The highest BCUT2D eigenvalue weighted by Gasteiger charge is 2.57. The van der Waals surface area contributed by atoms with Gasteiger partial charge in [0.2, 0.25) is 11.8 Å². The molecule has 1 fully saturated rings. The molecule has 2 amide bonds. The van der Waals surface area contributed by atoms with Gasteiger partial charge < -0.3 is 15.7 Å². The summed E-state index contributed by atoms with van der Waals surface area (Å²) < 4.78 is 0. The van der Waals surface area contributed by atoms with E-state index in [-0.39, 0.29) is 17.4 Å². The van der Waals surface area contributed by atoms with Gasteiger partial charge in [0.1, 0.15) is 11.6 Å². The van der Waals surface area contributed by atoms with Gasteiger partial charge in [-0.1, -0.05) is 6.08 Å². The standard InChI is InChI=1S/C21H37N3O4/c1-9-10-12-21(22-14(2)25,18(28)23-19(3,4)5)15-11-13-24(20(6,7)8)16(15)17(26)27/h9,15-16H,1,10-13H2,2-8H3,(H,22,25)(H,23,28)(H,26,27)/t15-,16?,21?/m1/s1. The number of rotatable bonds is 7. The zero-order valence-electron chi connectivity index (χ0n) is 18.4. The van der Waals surface area contributed by atoms with E-state index in [4.69, 9.17) is 0 Å². The average Bonchev–Trinajstić information content (AvgIpc) is 2.95. The Balaban J connectivity index is 3.54. The van der Waals surface area contributed by atoms with E-state index in [9.17, 15) is 19.5 Å². The smallest absolute Gasteiger partial charge is 0.321 e. The van der Waals surface area contributed by atoms with Crippen LogP contribution in [0.3, 0.4) is 0 Å². The molecule has 0 radical (unpaired) electrons. The number of carboxylic acids is 1. The molecular weight excluding hydrogens is 358 g/mol. The summed E-state index contributed by atoms with van der Waals surface area (Å²) >= 11 is 0. The van der Waals surface area contributed by atoms with Crippen LogP contribution >= 0.6 is 0 Å². The lowest BCUT2D eigenvalue weighted by atomic mass is 9.74. The Bertz CT molecular complexity index is 618. The van der Waals surface area contributed by atoms with E-state index in [1.807, 2.05) is 46.4 Å². The number of carboxylic acid groups (broad SMARTS) is 1. The molecule has 7 nitrogen and oxygen atoms in total. The maximum Gasteiger partial charge on any atom is 0.321 e. The van der Waals surface area contributed by atoms with Crippen molar-refractivity contribution in [3.8, 4) is 0 Å². The van der Waals surface area contributed by atoms with Crippen molar-refractivity contribution in [2.24, 2.45) is 5.92 Å². The molecule has 3 atom stereocenters. The lowest BCUT2D eigenvalue weighted by Gasteiger charge is -2.44. The van der Waals surface area contributed by atoms with Crippen molar-refractivity contribution in [3.05, 3.63) is 12.7 Å². The van der Waals surface area contributed by atoms with Crippen molar-refractivity contribution < 1.29 is 19.5 Å². The molecule has 1 rings (SSSR count). The third kappa shape index (κ3) is 5.56. The van der Waals surface area contributed by atoms with Crippen LogP contribution in [0.15, 0.2) is 12.7 Å². The van der Waals surface area contributed by atoms with Gasteiger partial charge in [-0.15, -0.1) is 6.58 Å². The molecule has 1 heterocycles. The molecule has 1 aliphatic rings. The second-order valence-electron chi connectivity index (χ2n) is 9.73. The number of carbonyl (C=O) groups excluding carboxylic acids is 2. The number of likely N-dealkylation sites (tertiary alicyclic amines) is 1. The molecule has 1 aliphatic heterocycles. The van der Waals surface area contributed by atoms with Crippen molar-refractivity contribution in [2.45, 2.75) is 90.4 Å². The zero-order valence-corrected chi connectivity index (χ0v) is 18.4. The molecule has 2 unspecified atom stereocenters. The lowest BCUT2D eigenvalue weighted by molar-refractivity contribution is -0.149. The summed E-state index contributed by atoms with van der Waals surface area (Å²) in [6.45, 7) is 17.1. The summed E-state index contributed by atoms with van der Waals surface area (Å²) in [4.78, 5) is 39.8. The number of amides is 2. The van der Waals surface area contributed by atoms with Crippen LogP contribution in [0.1, 0.15) is 67.7 Å². The number of allylic oxidation sites excluding steroid dienone is 1. The minimum absolute atomic E-state index is 0.296. The van der Waals surface area contributed by atoms with E-state index in [2.05, 4.69) is 17.2 Å². The van der Waals surface area contributed by atoms with Gasteiger partial charge in [-0.05, 0) is 67.3 Å². The molecule has 0 spiro atoms. The van der Waals surface area contributed by atoms with Crippen LogP contribution in [0.2, 0.25) is 0 Å². The van der Waals surface area contributed by atoms with E-state index in [0.717, 1.165) is 0 Å². The third-order valence-electron chi connectivity index (χ3n) is 5.18. The Hall–Kier alpha value is -1.89. The Morgan fingerprint density at radius 1 is 1.14 bits per heavy atom. The summed E-state index contributed by atoms with van der Waals surface area (Å²) in [5.41, 5.74) is -2.22. The van der Waals surface area contributed by atoms with Gasteiger partial charge in [0.15, 0.2) is 0 Å². The van der Waals surface area contributed by atoms with Crippen LogP contribution in [0.25, 0.3) is 0 Å². The van der Waals surface area contributed by atoms with Gasteiger partial charge in [0.25, 0.3) is 0 Å². The normalized spacial score (nSPS) is 23.0. The number of nitrogens with one attached hydrogen (secondary N) is 2. The molecule has 1 saturated heterocycles. The number of hydrogen-bond donors (Lipinski definition) is 3. The van der Waals surface area contributed by atoms with Gasteiger partial charge in [-0.2, -0.15) is 0 Å². The Kier molecular flexibility index (Phi) is 7.45. The molecule has 0 saturated carbocycles. The van der Waals surface area contributed by atoms with Crippen LogP contribution in [-0.2, 0) is 14.4 Å². The first kappa shape index (κ1) is 24.1. The molecule has 3 N–H and O–H groups in total. The molecule has 0 aromatic heterocycles. The van der Waals surface area contributed by atoms with Gasteiger partial charge in [-0.3, -0.25) is 19.3 Å². The van der Waals surface area contributed by atoms with Gasteiger partial charge in [0, 0.05) is 23.9 Å². The average molecular weight is 396 g/mol. The predicted octanol–water partition coefficient (Wildman–Crippen LogP) is 2.32. The van der Waals surface area contributed by atoms with Crippen LogP contribution in [-0.4, -0.2) is 57.0 Å². The Morgan fingerprint density at radius 3 is 2.11 bits per heavy atom. The fourth-order valence-corrected chi connectivity index (χ4v) is 4.14. The minimum Gasteiger partial charge on any atom is -0.480 e. The second-order valence-corrected chi connectivity index (χ2v) is 9.73. The quantitative estimate of drug-likeness (QED) is 0.575. The van der Waals surface area contributed by atoms with Crippen LogP contribution in [0.4, 0.5) is 0 Å². The van der Waals surface area contributed by atoms with Crippen molar-refractivity contribution in [1.82, 2.24) is 15.5 Å². The first-order valence-corrected chi connectivity index (χ1v) is 9.87. The molecule has 28 heavy (non-hydrogen) atoms. The summed E-state index contributed by atoms with van der Waals surface area (Å²) in [6, 6.07) is -0.873. The third-order valence-corrected chi connectivity index (χ3v) is 5.18. The Morgan fingerprint density at radius 2 is 1.71 bits per heavy atom. The van der Waals surface area contributed by atoms with E-state index >= 15 is 0 Å². The van der Waals surface area contributed by atoms with Crippen molar-refractivity contribution in [3.63, 3.8) is 0 Å². The monoisotopic (exact) mass is 395 g/mol. The topological polar surface area (TPSA) is 98.7 Å². The Labute approximate surface area is 168 Å². The molecule has 7 heteroatoms. The maximum atomic E-state index is 13.5. The summed E-state index contributed by atoms with van der Waals surface area (Å²) in [6.07, 6.45) is 2.97. The summed E-state index contributed by atoms with van der Waals surface area (Å²) in [5.74, 6) is -2.24. The van der Waals surface area contributed by atoms with E-state index in [0.29, 0.717) is 25.8 Å². The fraction of sp³-hybridized carbons (Fsp3) is 0.762. The molecule has 0 aromatic carbocycles. The SMILES string of the molecule is C=CCCC(NC(C)=O)(C(=O)NC(C)(C)C)[C@@H]1CCN(C(C)(C)C)C1C(=O)O. The van der Waals surface area contributed by atoms with Crippen LogP contribution < -0.4 is 10.6 Å². The van der Waals surface area contributed by atoms with Crippen LogP contribution in [0.5, 0.6) is 0 Å². The highest BCUT2D eigenvalue weighted by molar-refractivity contribution is 5.93. The molecule has 0 bridgehead atoms.